The predicted molar refractivity (Wildman–Crippen MR) is 116 cm³/mol. The van der Waals surface area contributed by atoms with Gasteiger partial charge in [0.1, 0.15) is 5.82 Å². The maximum atomic E-state index is 8.89. The van der Waals surface area contributed by atoms with E-state index in [9.17, 15) is 0 Å². The van der Waals surface area contributed by atoms with E-state index < -0.39 is 0 Å². The number of anilines is 2. The standard InChI is InChI=1S/C22H21N7/c23-13-15-8-9-20(27-14-15)25-10-11-26-22-18-6-1-2-7-19(18)28-21(29-22)16-4-3-5-17(24)12-16/h1-9,12,25,27H,10-11,14,24H2,(H,26,28,29). The van der Waals surface area contributed by atoms with Crippen molar-refractivity contribution < 1.29 is 0 Å². The molecule has 7 nitrogen and oxygen atoms in total. The molecule has 7 heteroatoms. The van der Waals surface area contributed by atoms with E-state index in [-0.39, 0.29) is 0 Å². The lowest BCUT2D eigenvalue weighted by atomic mass is 10.1. The van der Waals surface area contributed by atoms with Crippen molar-refractivity contribution in [3.05, 3.63) is 72.1 Å². The molecule has 0 spiro atoms. The number of dihydropyridines is 1. The summed E-state index contributed by atoms with van der Waals surface area (Å²) >= 11 is 0. The molecule has 1 aliphatic rings. The Hall–Kier alpha value is -4.05. The monoisotopic (exact) mass is 383 g/mol. The Morgan fingerprint density at radius 1 is 1.03 bits per heavy atom. The van der Waals surface area contributed by atoms with Crippen LogP contribution in [-0.4, -0.2) is 29.6 Å². The number of nitrogens with two attached hydrogens (primary N) is 1. The summed E-state index contributed by atoms with van der Waals surface area (Å²) in [7, 11) is 0. The molecule has 3 aromatic rings. The summed E-state index contributed by atoms with van der Waals surface area (Å²) in [4.78, 5) is 9.43. The Morgan fingerprint density at radius 3 is 2.69 bits per heavy atom. The number of nitrogens with zero attached hydrogens (tertiary/aromatic N) is 3. The van der Waals surface area contributed by atoms with Crippen molar-refractivity contribution >= 4 is 22.4 Å². The Labute approximate surface area is 169 Å². The molecule has 0 amide bonds. The van der Waals surface area contributed by atoms with Crippen molar-refractivity contribution in [3.63, 3.8) is 0 Å². The van der Waals surface area contributed by atoms with Crippen molar-refractivity contribution in [2.75, 3.05) is 30.7 Å². The third-order valence-corrected chi connectivity index (χ3v) is 4.55. The first kappa shape index (κ1) is 18.3. The van der Waals surface area contributed by atoms with Gasteiger partial charge in [0.25, 0.3) is 0 Å². The summed E-state index contributed by atoms with van der Waals surface area (Å²) in [6, 6.07) is 17.6. The Morgan fingerprint density at radius 2 is 1.90 bits per heavy atom. The Kier molecular flexibility index (Phi) is 5.25. The van der Waals surface area contributed by atoms with Crippen LogP contribution >= 0.6 is 0 Å². The molecule has 0 radical (unpaired) electrons. The Bertz CT molecular complexity index is 1140. The first-order valence-corrected chi connectivity index (χ1v) is 9.38. The van der Waals surface area contributed by atoms with E-state index >= 15 is 0 Å². The molecule has 1 aliphatic heterocycles. The molecular weight excluding hydrogens is 362 g/mol. The van der Waals surface area contributed by atoms with Crippen molar-refractivity contribution in [1.29, 1.82) is 5.26 Å². The normalized spacial score (nSPS) is 13.1. The van der Waals surface area contributed by atoms with Gasteiger partial charge in [0, 0.05) is 35.3 Å². The van der Waals surface area contributed by atoms with Gasteiger partial charge in [0.05, 0.1) is 24.0 Å². The van der Waals surface area contributed by atoms with Crippen LogP contribution in [0, 0.1) is 11.3 Å². The minimum absolute atomic E-state index is 0.545. The van der Waals surface area contributed by atoms with Crippen molar-refractivity contribution in [2.24, 2.45) is 0 Å². The second kappa shape index (κ2) is 8.31. The molecule has 2 aromatic carbocycles. The maximum absolute atomic E-state index is 8.89. The summed E-state index contributed by atoms with van der Waals surface area (Å²) < 4.78 is 0. The van der Waals surface area contributed by atoms with E-state index in [4.69, 9.17) is 16.0 Å². The lowest BCUT2D eigenvalue weighted by Crippen LogP contribution is -2.32. The van der Waals surface area contributed by atoms with Crippen LogP contribution in [0.25, 0.3) is 22.3 Å². The van der Waals surface area contributed by atoms with Gasteiger partial charge >= 0.3 is 0 Å². The fraction of sp³-hybridized carbons (Fsp3) is 0.136. The van der Waals surface area contributed by atoms with E-state index in [1.165, 1.54) is 0 Å². The third-order valence-electron chi connectivity index (χ3n) is 4.55. The van der Waals surface area contributed by atoms with E-state index in [2.05, 4.69) is 27.0 Å². The number of fused-ring (bicyclic) bond motifs is 1. The second-order valence-electron chi connectivity index (χ2n) is 6.63. The van der Waals surface area contributed by atoms with Crippen molar-refractivity contribution in [3.8, 4) is 17.5 Å². The van der Waals surface area contributed by atoms with Crippen LogP contribution in [-0.2, 0) is 0 Å². The number of nitrogen functional groups attached to an aromatic ring is 1. The van der Waals surface area contributed by atoms with Crippen molar-refractivity contribution in [2.45, 2.75) is 0 Å². The molecule has 2 heterocycles. The summed E-state index contributed by atoms with van der Waals surface area (Å²) in [5.41, 5.74) is 9.08. The lowest BCUT2D eigenvalue weighted by molar-refractivity contribution is 0.711. The number of rotatable bonds is 6. The number of nitriles is 1. The molecule has 4 rings (SSSR count). The number of aromatic nitrogens is 2. The van der Waals surface area contributed by atoms with Gasteiger partial charge in [-0.1, -0.05) is 24.3 Å². The average molecular weight is 383 g/mol. The topological polar surface area (TPSA) is 112 Å². The Balaban J connectivity index is 1.50. The second-order valence-corrected chi connectivity index (χ2v) is 6.63. The van der Waals surface area contributed by atoms with Gasteiger partial charge in [-0.25, -0.2) is 9.97 Å². The van der Waals surface area contributed by atoms with Crippen LogP contribution in [0.3, 0.4) is 0 Å². The molecule has 29 heavy (non-hydrogen) atoms. The van der Waals surface area contributed by atoms with Gasteiger partial charge in [0.2, 0.25) is 0 Å². The van der Waals surface area contributed by atoms with Crippen LogP contribution in [0.1, 0.15) is 0 Å². The molecule has 0 aliphatic carbocycles. The first-order chi connectivity index (χ1) is 14.2. The number of nitrogens with one attached hydrogen (secondary N) is 3. The van der Waals surface area contributed by atoms with Crippen LogP contribution in [0.4, 0.5) is 11.5 Å². The highest BCUT2D eigenvalue weighted by molar-refractivity contribution is 5.90. The van der Waals surface area contributed by atoms with Gasteiger partial charge in [-0.05, 0) is 36.4 Å². The number of para-hydroxylation sites is 1. The molecular formula is C22H21N7. The molecule has 0 bridgehead atoms. The number of benzene rings is 2. The fourth-order valence-corrected chi connectivity index (χ4v) is 3.09. The zero-order valence-corrected chi connectivity index (χ0v) is 15.8. The highest BCUT2D eigenvalue weighted by Gasteiger charge is 2.10. The molecule has 1 aromatic heterocycles. The quantitative estimate of drug-likeness (QED) is 0.382. The largest absolute Gasteiger partial charge is 0.399 e. The number of hydrogen-bond donors (Lipinski definition) is 4. The molecule has 0 unspecified atom stereocenters. The molecule has 0 fully saturated rings. The van der Waals surface area contributed by atoms with Crippen LogP contribution in [0.5, 0.6) is 0 Å². The first-order valence-electron chi connectivity index (χ1n) is 9.38. The van der Waals surface area contributed by atoms with E-state index in [0.29, 0.717) is 31.1 Å². The molecule has 0 atom stereocenters. The summed E-state index contributed by atoms with van der Waals surface area (Å²) in [6.07, 6.45) is 3.70. The van der Waals surface area contributed by atoms with Gasteiger partial charge in [0.15, 0.2) is 5.82 Å². The lowest BCUT2D eigenvalue weighted by Gasteiger charge is -2.16. The fourth-order valence-electron chi connectivity index (χ4n) is 3.09. The smallest absolute Gasteiger partial charge is 0.162 e. The minimum atomic E-state index is 0.545. The summed E-state index contributed by atoms with van der Waals surface area (Å²) in [5.74, 6) is 2.32. The zero-order valence-electron chi connectivity index (χ0n) is 15.8. The molecule has 0 saturated carbocycles. The van der Waals surface area contributed by atoms with Gasteiger partial charge in [-0.2, -0.15) is 5.26 Å². The summed E-state index contributed by atoms with van der Waals surface area (Å²) in [6.45, 7) is 1.91. The molecule has 144 valence electrons. The highest BCUT2D eigenvalue weighted by atomic mass is 15.1. The van der Waals surface area contributed by atoms with Gasteiger partial charge in [-0.15, -0.1) is 0 Å². The van der Waals surface area contributed by atoms with Gasteiger partial charge < -0.3 is 21.7 Å². The molecule has 0 saturated heterocycles. The van der Waals surface area contributed by atoms with E-state index in [0.717, 1.165) is 33.7 Å². The van der Waals surface area contributed by atoms with Crippen LogP contribution in [0.2, 0.25) is 0 Å². The van der Waals surface area contributed by atoms with E-state index in [1.807, 2.05) is 60.7 Å². The van der Waals surface area contributed by atoms with Crippen LogP contribution < -0.4 is 21.7 Å². The highest BCUT2D eigenvalue weighted by Crippen LogP contribution is 2.25. The van der Waals surface area contributed by atoms with Gasteiger partial charge in [-0.3, -0.25) is 0 Å². The maximum Gasteiger partial charge on any atom is 0.162 e. The predicted octanol–water partition coefficient (Wildman–Crippen LogP) is 2.78. The minimum Gasteiger partial charge on any atom is -0.399 e. The SMILES string of the molecule is N#CC1=CC=C(NCCNc2nc(-c3cccc(N)c3)nc3ccccc23)NC1. The van der Waals surface area contributed by atoms with Crippen molar-refractivity contribution in [1.82, 2.24) is 20.6 Å². The third kappa shape index (κ3) is 4.28. The summed E-state index contributed by atoms with van der Waals surface area (Å²) in [5, 5.41) is 19.8. The number of hydrogen-bond acceptors (Lipinski definition) is 7. The zero-order chi connectivity index (χ0) is 20.1. The number of allylic oxidation sites excluding steroid dienone is 2. The van der Waals surface area contributed by atoms with E-state index in [1.54, 1.807) is 0 Å². The average Bonchev–Trinajstić information content (AvgIpc) is 2.77. The molecule has 5 N–H and O–H groups in total. The van der Waals surface area contributed by atoms with Crippen LogP contribution in [0.15, 0.2) is 72.1 Å².